The van der Waals surface area contributed by atoms with Crippen molar-refractivity contribution in [3.8, 4) is 5.75 Å². The van der Waals surface area contributed by atoms with Crippen molar-refractivity contribution >= 4 is 5.91 Å². The van der Waals surface area contributed by atoms with Crippen LogP contribution in [0.15, 0.2) is 18.2 Å². The maximum absolute atomic E-state index is 13.6. The van der Waals surface area contributed by atoms with Crippen LogP contribution in [-0.4, -0.2) is 37.0 Å². The normalized spacial score (nSPS) is 18.4. The first-order valence-electron chi connectivity index (χ1n) is 6.97. The number of nitrogens with two attached hydrogens (primary N) is 1. The third-order valence-corrected chi connectivity index (χ3v) is 3.81. The molecular formula is C15H21FN2O2. The number of hydrogen-bond acceptors (Lipinski definition) is 3. The Hall–Kier alpha value is -1.62. The van der Waals surface area contributed by atoms with Crippen molar-refractivity contribution in [2.45, 2.75) is 31.7 Å². The van der Waals surface area contributed by atoms with E-state index in [1.807, 2.05) is 4.90 Å². The minimum Gasteiger partial charge on any atom is -0.494 e. The van der Waals surface area contributed by atoms with Crippen molar-refractivity contribution in [2.75, 3.05) is 20.2 Å². The summed E-state index contributed by atoms with van der Waals surface area (Å²) in [5, 5.41) is 0. The molecule has 20 heavy (non-hydrogen) atoms. The van der Waals surface area contributed by atoms with E-state index in [2.05, 4.69) is 0 Å². The molecule has 1 saturated heterocycles. The Balaban J connectivity index is 1.91. The SMILES string of the molecule is COc1ccc(CCC(=O)N2CCC[C@H]2CN)cc1F. The number of likely N-dealkylation sites (tertiary alicyclic amines) is 1. The van der Waals surface area contributed by atoms with Crippen LogP contribution < -0.4 is 10.5 Å². The number of hydrogen-bond donors (Lipinski definition) is 1. The molecule has 5 heteroatoms. The Kier molecular flexibility index (Phi) is 4.95. The Labute approximate surface area is 118 Å². The Morgan fingerprint density at radius 2 is 2.35 bits per heavy atom. The van der Waals surface area contributed by atoms with Crippen LogP contribution in [0.1, 0.15) is 24.8 Å². The molecule has 1 aliphatic rings. The van der Waals surface area contributed by atoms with Gasteiger partial charge in [0.1, 0.15) is 0 Å². The number of carbonyl (C=O) groups is 1. The van der Waals surface area contributed by atoms with Gasteiger partial charge in [0.05, 0.1) is 7.11 Å². The van der Waals surface area contributed by atoms with Gasteiger partial charge in [-0.2, -0.15) is 0 Å². The van der Waals surface area contributed by atoms with E-state index in [0.717, 1.165) is 24.9 Å². The van der Waals surface area contributed by atoms with E-state index in [1.54, 1.807) is 12.1 Å². The van der Waals surface area contributed by atoms with Gasteiger partial charge in [0.2, 0.25) is 5.91 Å². The molecule has 1 aliphatic heterocycles. The average Bonchev–Trinajstić information content (AvgIpc) is 2.93. The van der Waals surface area contributed by atoms with Gasteiger partial charge in [-0.15, -0.1) is 0 Å². The number of nitrogens with zero attached hydrogens (tertiary/aromatic N) is 1. The molecule has 1 heterocycles. The molecule has 1 atom stereocenters. The number of benzene rings is 1. The highest BCUT2D eigenvalue weighted by atomic mass is 19.1. The molecule has 0 unspecified atom stereocenters. The maximum atomic E-state index is 13.6. The van der Waals surface area contributed by atoms with Gasteiger partial charge < -0.3 is 15.4 Å². The topological polar surface area (TPSA) is 55.6 Å². The Bertz CT molecular complexity index is 479. The number of halogens is 1. The quantitative estimate of drug-likeness (QED) is 0.893. The predicted octanol–water partition coefficient (Wildman–Crippen LogP) is 1.72. The van der Waals surface area contributed by atoms with E-state index in [1.165, 1.54) is 13.2 Å². The number of rotatable bonds is 5. The predicted molar refractivity (Wildman–Crippen MR) is 75.1 cm³/mol. The highest BCUT2D eigenvalue weighted by Crippen LogP contribution is 2.20. The van der Waals surface area contributed by atoms with Crippen LogP contribution in [0, 0.1) is 5.82 Å². The zero-order chi connectivity index (χ0) is 14.5. The molecule has 4 nitrogen and oxygen atoms in total. The molecule has 0 radical (unpaired) electrons. The summed E-state index contributed by atoms with van der Waals surface area (Å²) >= 11 is 0. The Morgan fingerprint density at radius 3 is 3.00 bits per heavy atom. The molecular weight excluding hydrogens is 259 g/mol. The van der Waals surface area contributed by atoms with Crippen LogP contribution in [0.5, 0.6) is 5.75 Å². The number of aryl methyl sites for hydroxylation is 1. The summed E-state index contributed by atoms with van der Waals surface area (Å²) in [4.78, 5) is 14.0. The van der Waals surface area contributed by atoms with Crippen LogP contribution >= 0.6 is 0 Å². The molecule has 110 valence electrons. The maximum Gasteiger partial charge on any atom is 0.223 e. The van der Waals surface area contributed by atoms with E-state index in [9.17, 15) is 9.18 Å². The lowest BCUT2D eigenvalue weighted by atomic mass is 10.1. The fourth-order valence-corrected chi connectivity index (χ4v) is 2.67. The second kappa shape index (κ2) is 6.70. The van der Waals surface area contributed by atoms with Crippen molar-refractivity contribution in [1.29, 1.82) is 0 Å². The third-order valence-electron chi connectivity index (χ3n) is 3.81. The zero-order valence-corrected chi connectivity index (χ0v) is 11.8. The highest BCUT2D eigenvalue weighted by Gasteiger charge is 2.26. The molecule has 2 N–H and O–H groups in total. The van der Waals surface area contributed by atoms with E-state index in [0.29, 0.717) is 19.4 Å². The van der Waals surface area contributed by atoms with Gasteiger partial charge >= 0.3 is 0 Å². The van der Waals surface area contributed by atoms with E-state index >= 15 is 0 Å². The third kappa shape index (κ3) is 3.28. The fourth-order valence-electron chi connectivity index (χ4n) is 2.67. The van der Waals surface area contributed by atoms with Crippen molar-refractivity contribution in [1.82, 2.24) is 4.90 Å². The number of ether oxygens (including phenoxy) is 1. The molecule has 0 aliphatic carbocycles. The van der Waals surface area contributed by atoms with Gasteiger partial charge in [-0.1, -0.05) is 6.07 Å². The molecule has 0 aromatic heterocycles. The molecule has 1 aromatic carbocycles. The number of amides is 1. The second-order valence-corrected chi connectivity index (χ2v) is 5.09. The molecule has 0 saturated carbocycles. The van der Waals surface area contributed by atoms with Crippen LogP contribution in [0.4, 0.5) is 4.39 Å². The first-order chi connectivity index (χ1) is 9.65. The summed E-state index contributed by atoms with van der Waals surface area (Å²) < 4.78 is 18.4. The van der Waals surface area contributed by atoms with Gasteiger partial charge in [0, 0.05) is 25.6 Å². The summed E-state index contributed by atoms with van der Waals surface area (Å²) in [5.74, 6) is -0.0598. The van der Waals surface area contributed by atoms with Crippen LogP contribution in [0.25, 0.3) is 0 Å². The summed E-state index contributed by atoms with van der Waals surface area (Å²) in [7, 11) is 1.43. The van der Waals surface area contributed by atoms with Crippen LogP contribution in [0.2, 0.25) is 0 Å². The lowest BCUT2D eigenvalue weighted by Gasteiger charge is -2.23. The minimum atomic E-state index is -0.390. The summed E-state index contributed by atoms with van der Waals surface area (Å²) in [6.45, 7) is 1.31. The summed E-state index contributed by atoms with van der Waals surface area (Å²) in [5.41, 5.74) is 6.47. The summed E-state index contributed by atoms with van der Waals surface area (Å²) in [6.07, 6.45) is 2.93. The van der Waals surface area contributed by atoms with Crippen molar-refractivity contribution in [2.24, 2.45) is 5.73 Å². The fraction of sp³-hybridized carbons (Fsp3) is 0.533. The largest absolute Gasteiger partial charge is 0.494 e. The first-order valence-corrected chi connectivity index (χ1v) is 6.97. The van der Waals surface area contributed by atoms with Gasteiger partial charge in [0.25, 0.3) is 0 Å². The molecule has 0 spiro atoms. The van der Waals surface area contributed by atoms with Gasteiger partial charge in [-0.25, -0.2) is 4.39 Å². The zero-order valence-electron chi connectivity index (χ0n) is 11.8. The highest BCUT2D eigenvalue weighted by molar-refractivity contribution is 5.77. The number of carbonyl (C=O) groups excluding carboxylic acids is 1. The van der Waals surface area contributed by atoms with Crippen LogP contribution in [0.3, 0.4) is 0 Å². The second-order valence-electron chi connectivity index (χ2n) is 5.09. The monoisotopic (exact) mass is 280 g/mol. The van der Waals surface area contributed by atoms with Crippen LogP contribution in [-0.2, 0) is 11.2 Å². The van der Waals surface area contributed by atoms with Gasteiger partial charge in [-0.05, 0) is 37.0 Å². The molecule has 1 amide bonds. The van der Waals surface area contributed by atoms with Crippen molar-refractivity contribution in [3.05, 3.63) is 29.6 Å². The number of methoxy groups -OCH3 is 1. The van der Waals surface area contributed by atoms with E-state index in [-0.39, 0.29) is 17.7 Å². The molecule has 1 fully saturated rings. The minimum absolute atomic E-state index is 0.106. The average molecular weight is 280 g/mol. The molecule has 2 rings (SSSR count). The molecule has 1 aromatic rings. The van der Waals surface area contributed by atoms with Gasteiger partial charge in [-0.3, -0.25) is 4.79 Å². The lowest BCUT2D eigenvalue weighted by Crippen LogP contribution is -2.39. The van der Waals surface area contributed by atoms with Crippen molar-refractivity contribution in [3.63, 3.8) is 0 Å². The van der Waals surface area contributed by atoms with Gasteiger partial charge in [0.15, 0.2) is 11.6 Å². The molecule has 0 bridgehead atoms. The Morgan fingerprint density at radius 1 is 1.55 bits per heavy atom. The standard InChI is InChI=1S/C15H21FN2O2/c1-20-14-6-4-11(9-13(14)16)5-7-15(19)18-8-2-3-12(18)10-17/h4,6,9,12H,2-3,5,7-8,10,17H2,1H3/t12-/m0/s1. The van der Waals surface area contributed by atoms with Crippen molar-refractivity contribution < 1.29 is 13.9 Å². The van der Waals surface area contributed by atoms with E-state index < -0.39 is 5.82 Å². The van der Waals surface area contributed by atoms with E-state index in [4.69, 9.17) is 10.5 Å². The first kappa shape index (κ1) is 14.8. The smallest absolute Gasteiger partial charge is 0.223 e. The summed E-state index contributed by atoms with van der Waals surface area (Å²) in [6, 6.07) is 4.99. The lowest BCUT2D eigenvalue weighted by molar-refractivity contribution is -0.131.